The van der Waals surface area contributed by atoms with Crippen LogP contribution in [0.25, 0.3) is 0 Å². The highest BCUT2D eigenvalue weighted by atomic mass is 16.5. The molecule has 1 aromatic carbocycles. The van der Waals surface area contributed by atoms with E-state index in [0.717, 1.165) is 23.5 Å². The third kappa shape index (κ3) is 4.12. The van der Waals surface area contributed by atoms with Crippen LogP contribution in [0.1, 0.15) is 58.4 Å². The Hall–Kier alpha value is -1.24. The molecular weight excluding hydrogens is 256 g/mol. The van der Waals surface area contributed by atoms with E-state index in [0.29, 0.717) is 5.92 Å². The van der Waals surface area contributed by atoms with Gasteiger partial charge in [0.2, 0.25) is 0 Å². The van der Waals surface area contributed by atoms with Gasteiger partial charge in [-0.15, -0.1) is 0 Å². The fourth-order valence-electron chi connectivity index (χ4n) is 3.58. The molecule has 116 valence electrons. The van der Waals surface area contributed by atoms with Gasteiger partial charge in [0.05, 0.1) is 7.11 Å². The Morgan fingerprint density at radius 1 is 1.10 bits per heavy atom. The molecule has 0 heterocycles. The molecule has 0 spiro atoms. The molecule has 1 saturated carbocycles. The van der Waals surface area contributed by atoms with Crippen LogP contribution in [-0.4, -0.2) is 7.11 Å². The quantitative estimate of drug-likeness (QED) is 0.634. The molecule has 0 bridgehead atoms. The standard InChI is InChI=1S/C20H30O/c1-14(2)20-11-6-15(3)12-18(20)13-16(4)17-7-9-19(21-5)10-8-17/h7-10,13-16,20H,6,11-12H2,1-5H3/b18-13+/t15-,16-,20+/m1/s1. The Bertz CT molecular complexity index is 469. The first kappa shape index (κ1) is 16.1. The minimum atomic E-state index is 0.484. The minimum Gasteiger partial charge on any atom is -0.497 e. The topological polar surface area (TPSA) is 9.23 Å². The van der Waals surface area contributed by atoms with Gasteiger partial charge in [0.1, 0.15) is 5.75 Å². The van der Waals surface area contributed by atoms with E-state index in [1.165, 1.54) is 24.8 Å². The SMILES string of the molecule is COc1ccc([C@H](C)/C=C2\C[C@H](C)CC[C@H]2C(C)C)cc1. The van der Waals surface area contributed by atoms with Crippen LogP contribution < -0.4 is 4.74 Å². The van der Waals surface area contributed by atoms with Crippen LogP contribution in [-0.2, 0) is 0 Å². The lowest BCUT2D eigenvalue weighted by molar-refractivity contribution is 0.306. The van der Waals surface area contributed by atoms with E-state index in [1.807, 2.05) is 0 Å². The average Bonchev–Trinajstić information content (AvgIpc) is 2.47. The van der Waals surface area contributed by atoms with Gasteiger partial charge in [-0.2, -0.15) is 0 Å². The maximum atomic E-state index is 5.25. The number of hydrogen-bond acceptors (Lipinski definition) is 1. The van der Waals surface area contributed by atoms with Gasteiger partial charge >= 0.3 is 0 Å². The molecule has 3 atom stereocenters. The summed E-state index contributed by atoms with van der Waals surface area (Å²) in [5.74, 6) is 3.80. The van der Waals surface area contributed by atoms with Crippen molar-refractivity contribution in [2.24, 2.45) is 17.8 Å². The molecule has 0 radical (unpaired) electrons. The van der Waals surface area contributed by atoms with E-state index in [1.54, 1.807) is 12.7 Å². The number of benzene rings is 1. The van der Waals surface area contributed by atoms with Crippen LogP contribution in [0.5, 0.6) is 5.75 Å². The number of hydrogen-bond donors (Lipinski definition) is 0. The first-order valence-corrected chi connectivity index (χ1v) is 8.35. The van der Waals surface area contributed by atoms with Crippen LogP contribution in [0.4, 0.5) is 0 Å². The second-order valence-electron chi connectivity index (χ2n) is 7.04. The molecule has 0 aliphatic heterocycles. The molecule has 1 heteroatoms. The fraction of sp³-hybridized carbons (Fsp3) is 0.600. The van der Waals surface area contributed by atoms with Crippen molar-refractivity contribution in [2.45, 2.75) is 52.9 Å². The third-order valence-corrected chi connectivity index (χ3v) is 4.94. The minimum absolute atomic E-state index is 0.484. The molecule has 0 amide bonds. The molecular formula is C20H30O. The largest absolute Gasteiger partial charge is 0.497 e. The lowest BCUT2D eigenvalue weighted by Gasteiger charge is -2.33. The molecule has 1 fully saturated rings. The monoisotopic (exact) mass is 286 g/mol. The summed E-state index contributed by atoms with van der Waals surface area (Å²) in [6, 6.07) is 8.51. The summed E-state index contributed by atoms with van der Waals surface area (Å²) < 4.78 is 5.25. The van der Waals surface area contributed by atoms with Crippen molar-refractivity contribution in [3.8, 4) is 5.75 Å². The summed E-state index contributed by atoms with van der Waals surface area (Å²) in [5, 5.41) is 0. The van der Waals surface area contributed by atoms with Crippen molar-refractivity contribution in [1.29, 1.82) is 0 Å². The molecule has 1 nitrogen and oxygen atoms in total. The van der Waals surface area contributed by atoms with Crippen LogP contribution in [0.2, 0.25) is 0 Å². The third-order valence-electron chi connectivity index (χ3n) is 4.94. The second kappa shape index (κ2) is 7.15. The summed E-state index contributed by atoms with van der Waals surface area (Å²) in [6.07, 6.45) is 6.56. The molecule has 1 aliphatic rings. The van der Waals surface area contributed by atoms with Crippen LogP contribution >= 0.6 is 0 Å². The fourth-order valence-corrected chi connectivity index (χ4v) is 3.58. The molecule has 1 aliphatic carbocycles. The van der Waals surface area contributed by atoms with Crippen LogP contribution in [0.15, 0.2) is 35.9 Å². The van der Waals surface area contributed by atoms with Crippen LogP contribution in [0.3, 0.4) is 0 Å². The highest BCUT2D eigenvalue weighted by Crippen LogP contribution is 2.39. The number of ether oxygens (including phenoxy) is 1. The normalized spacial score (nSPS) is 26.1. The van der Waals surface area contributed by atoms with Gasteiger partial charge in [0.25, 0.3) is 0 Å². The van der Waals surface area contributed by atoms with Gasteiger partial charge in [-0.1, -0.05) is 51.5 Å². The Morgan fingerprint density at radius 2 is 1.76 bits per heavy atom. The Kier molecular flexibility index (Phi) is 5.50. The summed E-state index contributed by atoms with van der Waals surface area (Å²) in [7, 11) is 1.72. The van der Waals surface area contributed by atoms with E-state index < -0.39 is 0 Å². The van der Waals surface area contributed by atoms with E-state index in [2.05, 4.69) is 58.0 Å². The van der Waals surface area contributed by atoms with E-state index in [9.17, 15) is 0 Å². The smallest absolute Gasteiger partial charge is 0.118 e. The molecule has 0 aromatic heterocycles. The van der Waals surface area contributed by atoms with Gasteiger partial charge in [0, 0.05) is 0 Å². The lowest BCUT2D eigenvalue weighted by Crippen LogP contribution is -2.20. The Morgan fingerprint density at radius 3 is 2.33 bits per heavy atom. The Balaban J connectivity index is 2.17. The zero-order chi connectivity index (χ0) is 15.4. The van der Waals surface area contributed by atoms with E-state index in [4.69, 9.17) is 4.74 Å². The zero-order valence-electron chi connectivity index (χ0n) is 14.2. The molecule has 0 N–H and O–H groups in total. The number of rotatable bonds is 4. The van der Waals surface area contributed by atoms with Gasteiger partial charge in [-0.25, -0.2) is 0 Å². The van der Waals surface area contributed by atoms with Gasteiger partial charge in [0.15, 0.2) is 0 Å². The van der Waals surface area contributed by atoms with Crippen LogP contribution in [0, 0.1) is 17.8 Å². The van der Waals surface area contributed by atoms with E-state index in [-0.39, 0.29) is 0 Å². The van der Waals surface area contributed by atoms with Crippen molar-refractivity contribution < 1.29 is 4.74 Å². The zero-order valence-corrected chi connectivity index (χ0v) is 14.2. The molecule has 0 saturated heterocycles. The average molecular weight is 286 g/mol. The first-order valence-electron chi connectivity index (χ1n) is 8.35. The highest BCUT2D eigenvalue weighted by molar-refractivity contribution is 5.32. The second-order valence-corrected chi connectivity index (χ2v) is 7.04. The molecule has 0 unspecified atom stereocenters. The number of methoxy groups -OCH3 is 1. The van der Waals surface area contributed by atoms with Crippen molar-refractivity contribution in [1.82, 2.24) is 0 Å². The summed E-state index contributed by atoms with van der Waals surface area (Å²) in [5.41, 5.74) is 3.07. The maximum absolute atomic E-state index is 5.25. The van der Waals surface area contributed by atoms with Gasteiger partial charge in [-0.05, 0) is 60.6 Å². The maximum Gasteiger partial charge on any atom is 0.118 e. The molecule has 2 rings (SSSR count). The summed E-state index contributed by atoms with van der Waals surface area (Å²) >= 11 is 0. The molecule has 21 heavy (non-hydrogen) atoms. The van der Waals surface area contributed by atoms with Crippen molar-refractivity contribution in [2.75, 3.05) is 7.11 Å². The summed E-state index contributed by atoms with van der Waals surface area (Å²) in [4.78, 5) is 0. The van der Waals surface area contributed by atoms with Gasteiger partial charge < -0.3 is 4.74 Å². The van der Waals surface area contributed by atoms with Crippen molar-refractivity contribution in [3.05, 3.63) is 41.5 Å². The number of allylic oxidation sites excluding steroid dienone is 2. The lowest BCUT2D eigenvalue weighted by atomic mass is 9.73. The first-order chi connectivity index (χ1) is 10.0. The highest BCUT2D eigenvalue weighted by Gasteiger charge is 2.25. The van der Waals surface area contributed by atoms with Gasteiger partial charge in [-0.3, -0.25) is 0 Å². The predicted molar refractivity (Wildman–Crippen MR) is 90.8 cm³/mol. The van der Waals surface area contributed by atoms with Crippen molar-refractivity contribution in [3.63, 3.8) is 0 Å². The Labute approximate surface area is 130 Å². The summed E-state index contributed by atoms with van der Waals surface area (Å²) in [6.45, 7) is 9.44. The predicted octanol–water partition coefficient (Wildman–Crippen LogP) is 5.82. The molecule has 1 aromatic rings. The van der Waals surface area contributed by atoms with Crippen molar-refractivity contribution >= 4 is 0 Å². The van der Waals surface area contributed by atoms with E-state index >= 15 is 0 Å².